The van der Waals surface area contributed by atoms with Crippen LogP contribution in [0.3, 0.4) is 0 Å². The number of amides is 1. The fourth-order valence-electron chi connectivity index (χ4n) is 2.25. The first-order valence-electron chi connectivity index (χ1n) is 8.12. The van der Waals surface area contributed by atoms with Gasteiger partial charge in [-0.3, -0.25) is 4.79 Å². The molecule has 0 unspecified atom stereocenters. The van der Waals surface area contributed by atoms with Gasteiger partial charge in [-0.2, -0.15) is 0 Å². The topological polar surface area (TPSA) is 75.4 Å². The Balaban J connectivity index is 2.03. The van der Waals surface area contributed by atoms with Crippen molar-refractivity contribution < 1.29 is 14.4 Å². The first kappa shape index (κ1) is 18.5. The molecular formula is C18H24N2O3S. The van der Waals surface area contributed by atoms with E-state index in [2.05, 4.69) is 10.5 Å². The molecule has 0 fully saturated rings. The highest BCUT2D eigenvalue weighted by Gasteiger charge is 2.23. The summed E-state index contributed by atoms with van der Waals surface area (Å²) in [4.78, 5) is 13.4. The van der Waals surface area contributed by atoms with Crippen molar-refractivity contribution in [1.29, 1.82) is 0 Å². The third-order valence-corrected chi connectivity index (χ3v) is 5.17. The number of aromatic nitrogens is 1. The maximum atomic E-state index is 12.5. The zero-order chi connectivity index (χ0) is 17.6. The third-order valence-electron chi connectivity index (χ3n) is 4.07. The van der Waals surface area contributed by atoms with Gasteiger partial charge in [-0.1, -0.05) is 31.1 Å². The first-order chi connectivity index (χ1) is 11.5. The van der Waals surface area contributed by atoms with Crippen molar-refractivity contribution in [3.8, 4) is 0 Å². The first-order valence-corrected chi connectivity index (χ1v) is 9.10. The molecule has 0 bridgehead atoms. The number of thioether (sulfide) groups is 1. The van der Waals surface area contributed by atoms with Crippen molar-refractivity contribution in [1.82, 2.24) is 10.5 Å². The van der Waals surface area contributed by atoms with Crippen molar-refractivity contribution in [2.75, 3.05) is 6.54 Å². The molecule has 1 heterocycles. The highest BCUT2D eigenvalue weighted by Crippen LogP contribution is 2.26. The molecule has 0 aliphatic heterocycles. The van der Waals surface area contributed by atoms with Crippen LogP contribution in [0.2, 0.25) is 0 Å². The lowest BCUT2D eigenvalue weighted by Gasteiger charge is -2.25. The van der Waals surface area contributed by atoms with Gasteiger partial charge in [0.1, 0.15) is 5.76 Å². The standard InChI is InChI=1S/C18H24N2O3S/c1-4-18(22,5-2)12-19-17(21)15-8-6-7-9-16(15)24-11-14-10-13(3)20-23-14/h6-10,22H,4-5,11-12H2,1-3H3,(H,19,21). The summed E-state index contributed by atoms with van der Waals surface area (Å²) in [5.41, 5.74) is 0.595. The molecule has 1 aromatic carbocycles. The van der Waals surface area contributed by atoms with Crippen LogP contribution in [-0.2, 0) is 5.75 Å². The van der Waals surface area contributed by atoms with Crippen LogP contribution in [0.15, 0.2) is 39.8 Å². The summed E-state index contributed by atoms with van der Waals surface area (Å²) in [7, 11) is 0. The lowest BCUT2D eigenvalue weighted by atomic mass is 9.97. The summed E-state index contributed by atoms with van der Waals surface area (Å²) in [5.74, 6) is 1.21. The molecule has 2 N–H and O–H groups in total. The number of nitrogens with zero attached hydrogens (tertiary/aromatic N) is 1. The number of carbonyl (C=O) groups is 1. The Morgan fingerprint density at radius 1 is 1.33 bits per heavy atom. The number of hydrogen-bond donors (Lipinski definition) is 2. The molecule has 1 aromatic heterocycles. The third kappa shape index (κ3) is 4.85. The maximum absolute atomic E-state index is 12.5. The number of rotatable bonds is 8. The van der Waals surface area contributed by atoms with Gasteiger partial charge in [-0.05, 0) is 31.9 Å². The Bertz CT molecular complexity index is 680. The van der Waals surface area contributed by atoms with Crippen molar-refractivity contribution in [3.05, 3.63) is 47.3 Å². The molecule has 2 rings (SSSR count). The minimum atomic E-state index is -0.852. The summed E-state index contributed by atoms with van der Waals surface area (Å²) >= 11 is 1.53. The van der Waals surface area contributed by atoms with Gasteiger partial charge < -0.3 is 14.9 Å². The van der Waals surface area contributed by atoms with E-state index in [4.69, 9.17) is 4.52 Å². The van der Waals surface area contributed by atoms with Gasteiger partial charge >= 0.3 is 0 Å². The highest BCUT2D eigenvalue weighted by atomic mass is 32.2. The summed E-state index contributed by atoms with van der Waals surface area (Å²) in [5, 5.41) is 17.0. The largest absolute Gasteiger partial charge is 0.388 e. The molecule has 0 aliphatic rings. The molecule has 0 saturated carbocycles. The molecule has 0 spiro atoms. The van der Waals surface area contributed by atoms with Crippen LogP contribution in [-0.4, -0.2) is 28.3 Å². The minimum absolute atomic E-state index is 0.174. The van der Waals surface area contributed by atoms with Gasteiger partial charge in [0, 0.05) is 17.5 Å². The molecule has 6 heteroatoms. The number of carbonyl (C=O) groups excluding carboxylic acids is 1. The summed E-state index contributed by atoms with van der Waals surface area (Å²) in [6, 6.07) is 9.33. The number of aryl methyl sites for hydroxylation is 1. The van der Waals surface area contributed by atoms with Crippen LogP contribution >= 0.6 is 11.8 Å². The monoisotopic (exact) mass is 348 g/mol. The van der Waals surface area contributed by atoms with Gasteiger partial charge in [0.25, 0.3) is 5.91 Å². The molecule has 2 aromatic rings. The average molecular weight is 348 g/mol. The summed E-state index contributed by atoms with van der Waals surface area (Å²) < 4.78 is 5.20. The normalized spacial score (nSPS) is 11.5. The molecular weight excluding hydrogens is 324 g/mol. The van der Waals surface area contributed by atoms with Crippen LogP contribution in [0.4, 0.5) is 0 Å². The minimum Gasteiger partial charge on any atom is -0.388 e. The van der Waals surface area contributed by atoms with Crippen molar-refractivity contribution in [2.45, 2.75) is 49.9 Å². The average Bonchev–Trinajstić information content (AvgIpc) is 3.03. The smallest absolute Gasteiger partial charge is 0.252 e. The SMILES string of the molecule is CCC(O)(CC)CNC(=O)c1ccccc1SCc1cc(C)no1. The Morgan fingerprint density at radius 3 is 2.67 bits per heavy atom. The number of nitrogens with one attached hydrogen (secondary N) is 1. The quantitative estimate of drug-likeness (QED) is 0.714. The van der Waals surface area contributed by atoms with Crippen LogP contribution < -0.4 is 5.32 Å². The van der Waals surface area contributed by atoms with Gasteiger partial charge in [-0.15, -0.1) is 11.8 Å². The second-order valence-electron chi connectivity index (χ2n) is 5.83. The molecule has 0 saturated heterocycles. The molecule has 1 amide bonds. The van der Waals surface area contributed by atoms with Gasteiger partial charge in [0.15, 0.2) is 0 Å². The molecule has 24 heavy (non-hydrogen) atoms. The second-order valence-corrected chi connectivity index (χ2v) is 6.85. The maximum Gasteiger partial charge on any atom is 0.252 e. The van der Waals surface area contributed by atoms with E-state index >= 15 is 0 Å². The molecule has 0 aliphatic carbocycles. The number of aliphatic hydroxyl groups is 1. The summed E-state index contributed by atoms with van der Waals surface area (Å²) in [6.07, 6.45) is 1.20. The Morgan fingerprint density at radius 2 is 2.04 bits per heavy atom. The van der Waals surface area contributed by atoms with Crippen molar-refractivity contribution in [2.24, 2.45) is 0 Å². The number of benzene rings is 1. The fourth-order valence-corrected chi connectivity index (χ4v) is 3.18. The lowest BCUT2D eigenvalue weighted by molar-refractivity contribution is 0.0313. The van der Waals surface area contributed by atoms with Crippen molar-refractivity contribution >= 4 is 17.7 Å². The lowest BCUT2D eigenvalue weighted by Crippen LogP contribution is -2.42. The Kier molecular flexibility index (Phi) is 6.45. The number of hydrogen-bond acceptors (Lipinski definition) is 5. The summed E-state index contributed by atoms with van der Waals surface area (Å²) in [6.45, 7) is 5.96. The van der Waals surface area contributed by atoms with E-state index in [0.29, 0.717) is 24.2 Å². The Labute approximate surface area is 146 Å². The fraction of sp³-hybridized carbons (Fsp3) is 0.444. The second kappa shape index (κ2) is 8.35. The van der Waals surface area contributed by atoms with Crippen molar-refractivity contribution in [3.63, 3.8) is 0 Å². The van der Waals surface area contributed by atoms with Gasteiger partial charge in [0.2, 0.25) is 0 Å². The van der Waals surface area contributed by atoms with E-state index in [1.165, 1.54) is 11.8 Å². The van der Waals surface area contributed by atoms with Crippen LogP contribution in [0.5, 0.6) is 0 Å². The van der Waals surface area contributed by atoms with E-state index in [9.17, 15) is 9.90 Å². The predicted octanol–water partition coefficient (Wildman–Crippen LogP) is 3.56. The van der Waals surface area contributed by atoms with Crippen LogP contribution in [0.1, 0.15) is 48.5 Å². The van der Waals surface area contributed by atoms with E-state index < -0.39 is 5.60 Å². The van der Waals surface area contributed by atoms with Gasteiger partial charge in [-0.25, -0.2) is 0 Å². The van der Waals surface area contributed by atoms with Crippen LogP contribution in [0, 0.1) is 6.92 Å². The molecule has 0 radical (unpaired) electrons. The predicted molar refractivity (Wildman–Crippen MR) is 95.1 cm³/mol. The zero-order valence-corrected chi connectivity index (χ0v) is 15.2. The molecule has 130 valence electrons. The highest BCUT2D eigenvalue weighted by molar-refractivity contribution is 7.98. The van der Waals surface area contributed by atoms with Crippen LogP contribution in [0.25, 0.3) is 0 Å². The van der Waals surface area contributed by atoms with E-state index in [1.54, 1.807) is 6.07 Å². The van der Waals surface area contributed by atoms with Gasteiger partial charge in [0.05, 0.1) is 22.6 Å². The van der Waals surface area contributed by atoms with E-state index in [-0.39, 0.29) is 12.5 Å². The Hall–Kier alpha value is -1.79. The van der Waals surface area contributed by atoms with E-state index in [1.807, 2.05) is 45.0 Å². The molecule has 5 nitrogen and oxygen atoms in total. The zero-order valence-electron chi connectivity index (χ0n) is 14.3. The van der Waals surface area contributed by atoms with E-state index in [0.717, 1.165) is 16.3 Å². The molecule has 0 atom stereocenters.